The number of rotatable bonds is 8. The van der Waals surface area contributed by atoms with Crippen LogP contribution in [0.1, 0.15) is 42.0 Å². The Bertz CT molecular complexity index is 3180. The molecular weight excluding hydrogens is 787 g/mol. The molecule has 0 amide bonds. The van der Waals surface area contributed by atoms with E-state index in [-0.39, 0.29) is 17.4 Å². The van der Waals surface area contributed by atoms with Gasteiger partial charge in [0.15, 0.2) is 0 Å². The molecule has 2 atom stereocenters. The Morgan fingerprint density at radius 1 is 0.400 bits per heavy atom. The molecule has 0 radical (unpaired) electrons. The summed E-state index contributed by atoms with van der Waals surface area (Å²) >= 11 is 0. The molecule has 0 N–H and O–H groups in total. The van der Waals surface area contributed by atoms with Gasteiger partial charge in [0.05, 0.1) is 0 Å². The van der Waals surface area contributed by atoms with Crippen LogP contribution in [0.3, 0.4) is 0 Å². The van der Waals surface area contributed by atoms with Crippen LogP contribution < -0.4 is 9.64 Å². The van der Waals surface area contributed by atoms with Crippen molar-refractivity contribution in [1.82, 2.24) is 0 Å². The smallest absolute Gasteiger partial charge is 0.128 e. The molecule has 0 saturated heterocycles. The molecule has 3 aliphatic rings. The Hall–Kier alpha value is -7.94. The van der Waals surface area contributed by atoms with Gasteiger partial charge in [0.1, 0.15) is 11.9 Å². The molecule has 0 aromatic heterocycles. The third-order valence-corrected chi connectivity index (χ3v) is 13.8. The minimum Gasteiger partial charge on any atom is -0.485 e. The number of anilines is 3. The van der Waals surface area contributed by atoms with Gasteiger partial charge in [-0.15, -0.1) is 0 Å². The molecule has 0 saturated carbocycles. The van der Waals surface area contributed by atoms with Gasteiger partial charge < -0.3 is 9.64 Å². The predicted molar refractivity (Wildman–Crippen MR) is 271 cm³/mol. The Kier molecular flexibility index (Phi) is 9.35. The summed E-state index contributed by atoms with van der Waals surface area (Å²) in [7, 11) is 0. The van der Waals surface area contributed by atoms with Crippen LogP contribution in [-0.4, -0.2) is 6.10 Å². The van der Waals surface area contributed by atoms with Crippen molar-refractivity contribution in [3.8, 4) is 61.4 Å². The average molecular weight is 834 g/mol. The maximum atomic E-state index is 6.29. The highest BCUT2D eigenvalue weighted by atomic mass is 16.5. The molecule has 2 nitrogen and oxygen atoms in total. The molecule has 2 heteroatoms. The highest BCUT2D eigenvalue weighted by Gasteiger charge is 2.37. The van der Waals surface area contributed by atoms with Crippen LogP contribution in [0.2, 0.25) is 0 Å². The Morgan fingerprint density at radius 2 is 0.862 bits per heavy atom. The van der Waals surface area contributed by atoms with Crippen LogP contribution in [-0.2, 0) is 5.41 Å². The maximum absolute atomic E-state index is 6.29. The van der Waals surface area contributed by atoms with Gasteiger partial charge in [0.2, 0.25) is 0 Å². The van der Waals surface area contributed by atoms with Gasteiger partial charge in [-0.05, 0) is 145 Å². The molecule has 1 heterocycles. The summed E-state index contributed by atoms with van der Waals surface area (Å²) in [6.07, 6.45) is 6.93. The number of nitrogens with zero attached hydrogens (tertiary/aromatic N) is 1. The van der Waals surface area contributed by atoms with Gasteiger partial charge >= 0.3 is 0 Å². The summed E-state index contributed by atoms with van der Waals surface area (Å²) < 4.78 is 6.29. The molecule has 2 unspecified atom stereocenters. The van der Waals surface area contributed by atoms with Crippen LogP contribution in [0.25, 0.3) is 61.2 Å². The largest absolute Gasteiger partial charge is 0.485 e. The highest BCUT2D eigenvalue weighted by Crippen LogP contribution is 2.52. The zero-order valence-electron chi connectivity index (χ0n) is 36.5. The number of allylic oxidation sites excluding steroid dienone is 2. The van der Waals surface area contributed by atoms with E-state index in [1.54, 1.807) is 0 Å². The van der Waals surface area contributed by atoms with E-state index in [1.165, 1.54) is 83.5 Å². The first-order valence-corrected chi connectivity index (χ1v) is 22.7. The number of benzene rings is 9. The number of para-hydroxylation sites is 1. The van der Waals surface area contributed by atoms with E-state index in [2.05, 4.69) is 255 Å². The summed E-state index contributed by atoms with van der Waals surface area (Å²) in [5.41, 5.74) is 21.8. The molecule has 2 aliphatic carbocycles. The fourth-order valence-electron chi connectivity index (χ4n) is 10.4. The third-order valence-electron chi connectivity index (χ3n) is 13.8. The predicted octanol–water partition coefficient (Wildman–Crippen LogP) is 16.6. The standard InChI is InChI=1S/C63H47NO/c1-63(2)59-40-51(50-28-36-62-58(39-50)57-21-9-10-22-61(57)65-62)27-34-55(59)56-35-33-54(41-60(56)63)64(52-29-23-44(24-30-52)48-19-11-17-46(37-48)42-13-5-3-6-14-42)53-31-25-45(26-32-53)49-20-12-18-47(38-49)43-15-7-4-8-16-43/h3-41,58,62H,1-2H3. The minimum atomic E-state index is -0.214. The highest BCUT2D eigenvalue weighted by molar-refractivity contribution is 5.89. The van der Waals surface area contributed by atoms with E-state index in [0.717, 1.165) is 22.8 Å². The molecule has 0 spiro atoms. The van der Waals surface area contributed by atoms with Gasteiger partial charge in [0, 0.05) is 34.0 Å². The average Bonchev–Trinajstić information content (AvgIpc) is 3.85. The molecule has 0 fully saturated rings. The lowest BCUT2D eigenvalue weighted by Gasteiger charge is -2.28. The molecular formula is C63H47NO. The van der Waals surface area contributed by atoms with Gasteiger partial charge in [-0.3, -0.25) is 0 Å². The second-order valence-corrected chi connectivity index (χ2v) is 18.1. The van der Waals surface area contributed by atoms with E-state index in [1.807, 2.05) is 0 Å². The summed E-state index contributed by atoms with van der Waals surface area (Å²) in [5, 5.41) is 0. The first kappa shape index (κ1) is 38.7. The Balaban J connectivity index is 0.907. The summed E-state index contributed by atoms with van der Waals surface area (Å²) in [5.74, 6) is 1.22. The molecule has 12 rings (SSSR count). The number of hydrogen-bond acceptors (Lipinski definition) is 2. The van der Waals surface area contributed by atoms with Crippen LogP contribution in [0, 0.1) is 0 Å². The molecule has 0 bridgehead atoms. The lowest BCUT2D eigenvalue weighted by molar-refractivity contribution is 0.269. The van der Waals surface area contributed by atoms with E-state index >= 15 is 0 Å². The van der Waals surface area contributed by atoms with Crippen molar-refractivity contribution in [2.24, 2.45) is 0 Å². The minimum absolute atomic E-state index is 0.0525. The maximum Gasteiger partial charge on any atom is 0.128 e. The van der Waals surface area contributed by atoms with Crippen molar-refractivity contribution >= 4 is 22.6 Å². The lowest BCUT2D eigenvalue weighted by Crippen LogP contribution is -2.18. The third kappa shape index (κ3) is 6.90. The second-order valence-electron chi connectivity index (χ2n) is 18.1. The van der Waals surface area contributed by atoms with Crippen LogP contribution in [0.4, 0.5) is 17.1 Å². The number of fused-ring (bicyclic) bond motifs is 6. The zero-order valence-corrected chi connectivity index (χ0v) is 36.5. The number of hydrogen-bond donors (Lipinski definition) is 0. The quantitative estimate of drug-likeness (QED) is 0.151. The number of ether oxygens (including phenoxy) is 1. The fraction of sp³-hybridized carbons (Fsp3) is 0.0794. The van der Waals surface area contributed by atoms with Crippen molar-refractivity contribution in [1.29, 1.82) is 0 Å². The van der Waals surface area contributed by atoms with Crippen molar-refractivity contribution in [3.05, 3.63) is 259 Å². The van der Waals surface area contributed by atoms with Crippen molar-refractivity contribution < 1.29 is 4.74 Å². The lowest BCUT2D eigenvalue weighted by atomic mass is 9.80. The van der Waals surface area contributed by atoms with E-state index in [0.29, 0.717) is 0 Å². The topological polar surface area (TPSA) is 12.5 Å². The SMILES string of the molecule is CC1(C)c2cc(C3=CC4c5ccccc5OC4C=C3)ccc2-c2ccc(N(c3ccc(-c4cccc(-c5ccccc5)c4)cc3)c3ccc(-c4cccc(-c5ccccc5)c4)cc3)cc21. The summed E-state index contributed by atoms with van der Waals surface area (Å²) in [6, 6.07) is 79.6. The van der Waals surface area contributed by atoms with E-state index < -0.39 is 0 Å². The van der Waals surface area contributed by atoms with E-state index in [4.69, 9.17) is 4.74 Å². The first-order chi connectivity index (χ1) is 31.9. The molecule has 310 valence electrons. The summed E-state index contributed by atoms with van der Waals surface area (Å²) in [4.78, 5) is 2.41. The van der Waals surface area contributed by atoms with Crippen LogP contribution >= 0.6 is 0 Å². The summed E-state index contributed by atoms with van der Waals surface area (Å²) in [6.45, 7) is 4.77. The second kappa shape index (κ2) is 15.7. The normalized spacial score (nSPS) is 16.1. The van der Waals surface area contributed by atoms with Crippen molar-refractivity contribution in [2.75, 3.05) is 4.90 Å². The van der Waals surface area contributed by atoms with E-state index in [9.17, 15) is 0 Å². The van der Waals surface area contributed by atoms with Crippen LogP contribution in [0.15, 0.2) is 237 Å². The fourth-order valence-corrected chi connectivity index (χ4v) is 10.4. The molecule has 65 heavy (non-hydrogen) atoms. The molecule has 1 aliphatic heterocycles. The Morgan fingerprint density at radius 3 is 1.45 bits per heavy atom. The molecule has 9 aromatic rings. The van der Waals surface area contributed by atoms with Gasteiger partial charge in [-0.2, -0.15) is 0 Å². The van der Waals surface area contributed by atoms with Gasteiger partial charge in [-0.25, -0.2) is 0 Å². The zero-order chi connectivity index (χ0) is 43.5. The molecule has 9 aromatic carbocycles. The van der Waals surface area contributed by atoms with Gasteiger partial charge in [0.25, 0.3) is 0 Å². The van der Waals surface area contributed by atoms with Gasteiger partial charge in [-0.1, -0.05) is 184 Å². The van der Waals surface area contributed by atoms with Crippen LogP contribution in [0.5, 0.6) is 5.75 Å². The first-order valence-electron chi connectivity index (χ1n) is 22.7. The van der Waals surface area contributed by atoms with Crippen molar-refractivity contribution in [2.45, 2.75) is 31.3 Å². The monoisotopic (exact) mass is 833 g/mol. The van der Waals surface area contributed by atoms with Crippen molar-refractivity contribution in [3.63, 3.8) is 0 Å². The Labute approximate surface area is 382 Å².